The van der Waals surface area contributed by atoms with Crippen LogP contribution in [0.15, 0.2) is 21.9 Å². The number of fused-ring (bicyclic) bond motifs is 1. The molecule has 5 atom stereocenters. The van der Waals surface area contributed by atoms with Gasteiger partial charge in [-0.2, -0.15) is 0 Å². The van der Waals surface area contributed by atoms with E-state index in [0.717, 1.165) is 47.3 Å². The molecule has 2 heterocycles. The van der Waals surface area contributed by atoms with E-state index >= 15 is 0 Å². The van der Waals surface area contributed by atoms with E-state index < -0.39 is 92.1 Å². The van der Waals surface area contributed by atoms with Gasteiger partial charge in [0, 0.05) is 23.8 Å². The first-order chi connectivity index (χ1) is 20.3. The lowest BCUT2D eigenvalue weighted by Crippen LogP contribution is -2.51. The number of carbonyl (C=O) groups is 2. The molecule has 0 spiro atoms. The number of carbonyl (C=O) groups excluding carboxylic acids is 2. The van der Waals surface area contributed by atoms with Gasteiger partial charge in [-0.1, -0.05) is 23.5 Å². The smallest absolute Gasteiger partial charge is 0.395 e. The lowest BCUT2D eigenvalue weighted by Gasteiger charge is -2.33. The molecule has 1 aliphatic heterocycles. The Morgan fingerprint density at radius 1 is 1.07 bits per heavy atom. The van der Waals surface area contributed by atoms with Crippen LogP contribution >= 0.6 is 31.3 Å². The Morgan fingerprint density at radius 2 is 1.57 bits per heavy atom. The number of rotatable bonds is 16. The van der Waals surface area contributed by atoms with Gasteiger partial charge in [-0.25, -0.2) is 13.8 Å². The zero-order valence-corrected chi connectivity index (χ0v) is 27.3. The molecule has 44 heavy (non-hydrogen) atoms. The molecule has 1 aliphatic carbocycles. The summed E-state index contributed by atoms with van der Waals surface area (Å²) in [5, 5.41) is 40.8. The molecule has 250 valence electrons. The van der Waals surface area contributed by atoms with Crippen molar-refractivity contribution in [2.45, 2.75) is 63.8 Å². The fourth-order valence-corrected chi connectivity index (χ4v) is 7.69. The minimum Gasteiger partial charge on any atom is -0.395 e. The maximum Gasteiger partial charge on any atom is 0.475 e. The Bertz CT molecular complexity index is 1360. The molecule has 19 heteroatoms. The predicted molar refractivity (Wildman–Crippen MR) is 157 cm³/mol. The Morgan fingerprint density at radius 3 is 1.98 bits per heavy atom. The number of aromatic nitrogens is 2. The van der Waals surface area contributed by atoms with E-state index in [1.54, 1.807) is 0 Å². The third kappa shape index (κ3) is 6.81. The monoisotopic (exact) mass is 688 g/mol. The van der Waals surface area contributed by atoms with Crippen LogP contribution in [0.25, 0.3) is 0 Å². The number of alkyl halides is 1. The molecule has 0 amide bonds. The van der Waals surface area contributed by atoms with E-state index in [4.69, 9.17) is 18.3 Å². The minimum atomic E-state index is -4.73. The van der Waals surface area contributed by atoms with Crippen LogP contribution in [-0.4, -0.2) is 108 Å². The summed E-state index contributed by atoms with van der Waals surface area (Å²) in [6, 6.07) is 0.954. The average Bonchev–Trinajstić information content (AvgIpc) is 3.41. The number of hydrogen-bond donors (Lipinski definition) is 5. The summed E-state index contributed by atoms with van der Waals surface area (Å²) in [6.45, 7) is 4.05. The van der Waals surface area contributed by atoms with Gasteiger partial charge in [-0.15, -0.1) is 0 Å². The predicted octanol–water partition coefficient (Wildman–Crippen LogP) is 0.353. The number of ether oxygens (including phenoxy) is 1. The number of phosphoric ester groups is 1. The Labute approximate surface area is 260 Å². The van der Waals surface area contributed by atoms with Crippen LogP contribution in [0.3, 0.4) is 0 Å². The van der Waals surface area contributed by atoms with Gasteiger partial charge >= 0.3 is 13.5 Å². The molecule has 0 aromatic carbocycles. The second-order valence-electron chi connectivity index (χ2n) is 11.9. The number of H-pyrrole nitrogens is 1. The van der Waals surface area contributed by atoms with Crippen molar-refractivity contribution in [2.24, 2.45) is 10.8 Å². The number of aliphatic hydroxyl groups excluding tert-OH is 2. The van der Waals surface area contributed by atoms with Gasteiger partial charge in [0.05, 0.1) is 37.3 Å². The van der Waals surface area contributed by atoms with Crippen molar-refractivity contribution in [3.63, 3.8) is 0 Å². The lowest BCUT2D eigenvalue weighted by atomic mass is 9.94. The standard InChI is InChI=1S/C25H38FN2O13PS2/c1-21(2,13-29)18(32)43-10-8-38-42(37,39-9-11-44-19(33)22(3,4)14-30)41-16-24(12-26)25(16,36)23(5,35)17(40-24)28-7-6-15(31)27-20(28)34/h6-7,16-17,29-30,35-36H,8-14H2,1-5H3,(H,27,31,34)/t16-,17-,23+,24-,25+/m1/s1. The van der Waals surface area contributed by atoms with Crippen LogP contribution in [0.1, 0.15) is 40.8 Å². The molecule has 2 aliphatic rings. The fraction of sp³-hybridized carbons (Fsp3) is 0.760. The SMILES string of the molecule is CC(C)(CO)C(=O)SCCOP(=O)(OCCSC(=O)C(C)(C)CO)O[C@H]1[C@]2(O)[C@@](C)(O)[C@H](n3ccc(=O)[nH]c3=O)O[C@]12CF. The number of thioether (sulfide) groups is 2. The van der Waals surface area contributed by atoms with Crippen molar-refractivity contribution in [1.29, 1.82) is 0 Å². The van der Waals surface area contributed by atoms with E-state index in [1.165, 1.54) is 27.7 Å². The highest BCUT2D eigenvalue weighted by atomic mass is 32.2. The lowest BCUT2D eigenvalue weighted by molar-refractivity contribution is -0.167. The molecule has 0 unspecified atom stereocenters. The normalized spacial score (nSPS) is 28.6. The van der Waals surface area contributed by atoms with Crippen LogP contribution in [0.5, 0.6) is 0 Å². The van der Waals surface area contributed by atoms with Gasteiger partial charge in [0.25, 0.3) is 5.56 Å². The van der Waals surface area contributed by atoms with Gasteiger partial charge in [0.15, 0.2) is 27.7 Å². The van der Waals surface area contributed by atoms with E-state index in [0.29, 0.717) is 0 Å². The summed E-state index contributed by atoms with van der Waals surface area (Å²) >= 11 is 1.56. The van der Waals surface area contributed by atoms with Crippen molar-refractivity contribution in [3.05, 3.63) is 33.1 Å². The average molecular weight is 689 g/mol. The van der Waals surface area contributed by atoms with Gasteiger partial charge < -0.3 is 25.2 Å². The van der Waals surface area contributed by atoms with Crippen molar-refractivity contribution >= 4 is 41.6 Å². The third-order valence-corrected chi connectivity index (χ3v) is 11.3. The van der Waals surface area contributed by atoms with Crippen LogP contribution in [0.4, 0.5) is 4.39 Å². The van der Waals surface area contributed by atoms with Crippen molar-refractivity contribution < 1.29 is 57.3 Å². The second-order valence-corrected chi connectivity index (χ2v) is 15.6. The van der Waals surface area contributed by atoms with Crippen molar-refractivity contribution in [3.8, 4) is 0 Å². The second kappa shape index (κ2) is 13.4. The summed E-state index contributed by atoms with van der Waals surface area (Å²) in [5.41, 5.74) is -11.2. The van der Waals surface area contributed by atoms with Gasteiger partial charge in [0.2, 0.25) is 0 Å². The van der Waals surface area contributed by atoms with Crippen molar-refractivity contribution in [2.75, 3.05) is 44.6 Å². The molecule has 0 radical (unpaired) electrons. The number of nitrogens with zero attached hydrogens (tertiary/aromatic N) is 1. The Kier molecular flexibility index (Phi) is 11.2. The van der Waals surface area contributed by atoms with Crippen LogP contribution < -0.4 is 11.2 Å². The van der Waals surface area contributed by atoms with E-state index in [-0.39, 0.29) is 21.7 Å². The zero-order chi connectivity index (χ0) is 33.4. The van der Waals surface area contributed by atoms with E-state index in [2.05, 4.69) is 0 Å². The summed E-state index contributed by atoms with van der Waals surface area (Å²) in [7, 11) is -4.73. The third-order valence-electron chi connectivity index (χ3n) is 7.50. The number of aliphatic hydroxyl groups is 4. The fourth-order valence-electron chi connectivity index (χ4n) is 4.42. The number of halogens is 1. The first-order valence-corrected chi connectivity index (χ1v) is 16.9. The Balaban J connectivity index is 1.78. The number of phosphoric acid groups is 1. The quantitative estimate of drug-likeness (QED) is 0.117. The number of nitrogens with one attached hydrogen (secondary N) is 1. The molecule has 15 nitrogen and oxygen atoms in total. The largest absolute Gasteiger partial charge is 0.475 e. The summed E-state index contributed by atoms with van der Waals surface area (Å²) in [6.07, 6.45) is -2.54. The molecule has 1 aromatic heterocycles. The highest BCUT2D eigenvalue weighted by Gasteiger charge is 2.93. The molecule has 1 saturated carbocycles. The highest BCUT2D eigenvalue weighted by Crippen LogP contribution is 2.72. The van der Waals surface area contributed by atoms with Gasteiger partial charge in [0.1, 0.15) is 18.4 Å². The maximum absolute atomic E-state index is 14.6. The minimum absolute atomic E-state index is 0.0640. The topological polar surface area (TPSA) is 224 Å². The first-order valence-electron chi connectivity index (χ1n) is 13.4. The first kappa shape index (κ1) is 37.0. The highest BCUT2D eigenvalue weighted by molar-refractivity contribution is 8.14. The number of aromatic amines is 1. The molecular formula is C25H38FN2O13PS2. The van der Waals surface area contributed by atoms with E-state index in [9.17, 15) is 48.6 Å². The molecule has 1 aromatic rings. The Hall–Kier alpha value is -1.44. The summed E-state index contributed by atoms with van der Waals surface area (Å²) < 4.78 is 50.9. The van der Waals surface area contributed by atoms with Gasteiger partial charge in [-0.3, -0.25) is 37.5 Å². The summed E-state index contributed by atoms with van der Waals surface area (Å²) in [4.78, 5) is 50.4. The van der Waals surface area contributed by atoms with E-state index in [1.807, 2.05) is 4.98 Å². The molecule has 3 rings (SSSR count). The molecule has 2 fully saturated rings. The zero-order valence-electron chi connectivity index (χ0n) is 24.8. The van der Waals surface area contributed by atoms with Crippen molar-refractivity contribution in [1.82, 2.24) is 9.55 Å². The maximum atomic E-state index is 14.6. The van der Waals surface area contributed by atoms with Crippen LogP contribution in [0.2, 0.25) is 0 Å². The summed E-state index contributed by atoms with van der Waals surface area (Å²) in [5.74, 6) is -0.128. The number of hydrogen-bond acceptors (Lipinski definition) is 15. The molecule has 5 N–H and O–H groups in total. The molecule has 1 saturated heterocycles. The van der Waals surface area contributed by atoms with Gasteiger partial charge in [-0.05, 0) is 34.6 Å². The molecular weight excluding hydrogens is 650 g/mol. The van der Waals surface area contributed by atoms with Crippen LogP contribution in [0, 0.1) is 10.8 Å². The van der Waals surface area contributed by atoms with Crippen LogP contribution in [-0.2, 0) is 32.5 Å². The molecule has 0 bridgehead atoms.